The molecule has 9 aromatic rings. The van der Waals surface area contributed by atoms with E-state index in [2.05, 4.69) is 112 Å². The molecule has 0 unspecified atom stereocenters. The lowest BCUT2D eigenvalue weighted by Crippen LogP contribution is -2.03. The summed E-state index contributed by atoms with van der Waals surface area (Å²) in [5.41, 5.74) is 8.92. The van der Waals surface area contributed by atoms with Crippen LogP contribution < -0.4 is 0 Å². The summed E-state index contributed by atoms with van der Waals surface area (Å²) in [4.78, 5) is 9.82. The Labute approximate surface area is 234 Å². The molecule has 0 spiro atoms. The Bertz CT molecular complexity index is 2370. The van der Waals surface area contributed by atoms with Gasteiger partial charge in [-0.15, -0.1) is 0 Å². The lowest BCUT2D eigenvalue weighted by Gasteiger charge is -2.11. The second kappa shape index (κ2) is 8.41. The highest BCUT2D eigenvalue weighted by atomic mass is 16.3. The minimum absolute atomic E-state index is 0.840. The predicted octanol–water partition coefficient (Wildman–Crippen LogP) is 9.08. The number of hydrogen-bond donors (Lipinski definition) is 0. The van der Waals surface area contributed by atoms with E-state index in [1.807, 2.05) is 24.3 Å². The molecule has 0 aliphatic heterocycles. The van der Waals surface area contributed by atoms with Gasteiger partial charge in [-0.05, 0) is 48.0 Å². The summed E-state index contributed by atoms with van der Waals surface area (Å²) < 4.78 is 10.7. The molecule has 4 aromatic heterocycles. The van der Waals surface area contributed by atoms with Gasteiger partial charge < -0.3 is 8.98 Å². The monoisotopic (exact) mass is 526 g/mol. The number of para-hydroxylation sites is 4. The van der Waals surface area contributed by atoms with Crippen molar-refractivity contribution in [3.63, 3.8) is 0 Å². The van der Waals surface area contributed by atoms with Gasteiger partial charge >= 0.3 is 0 Å². The van der Waals surface area contributed by atoms with E-state index in [1.54, 1.807) is 6.33 Å². The SMILES string of the molecule is c1ccc(-n2cc(-c3ccc4c(c3)oc3ccccc34)c3ncnc(-n4c5ccccc5c5ccccc54)c32)cc1. The van der Waals surface area contributed by atoms with Gasteiger partial charge in [0.25, 0.3) is 0 Å². The van der Waals surface area contributed by atoms with Crippen molar-refractivity contribution in [3.05, 3.63) is 134 Å². The standard InChI is InChI=1S/C36H22N4O/c1-2-10-24(11-3-1)39-21-29(23-18-19-28-27-14-6-9-17-32(27)41-33(28)20-23)34-35(39)36(38-22-37-34)40-30-15-7-4-12-25(30)26-13-5-8-16-31(26)40/h1-22H. The maximum atomic E-state index is 6.25. The van der Waals surface area contributed by atoms with Crippen LogP contribution in [0.25, 0.3) is 77.4 Å². The number of nitrogens with zero attached hydrogens (tertiary/aromatic N) is 4. The fraction of sp³-hybridized carbons (Fsp3) is 0. The third-order valence-corrected chi connectivity index (χ3v) is 8.07. The molecule has 192 valence electrons. The Hall–Kier alpha value is -5.68. The molecular weight excluding hydrogens is 504 g/mol. The Morgan fingerprint density at radius 2 is 1.22 bits per heavy atom. The molecule has 4 heterocycles. The van der Waals surface area contributed by atoms with Gasteiger partial charge in [0.1, 0.15) is 28.5 Å². The summed E-state index contributed by atoms with van der Waals surface area (Å²) >= 11 is 0. The van der Waals surface area contributed by atoms with Crippen molar-refractivity contribution >= 4 is 54.8 Å². The van der Waals surface area contributed by atoms with Crippen LogP contribution in [0.4, 0.5) is 0 Å². The summed E-state index contributed by atoms with van der Waals surface area (Å²) in [6, 6.07) is 42.0. The number of benzene rings is 5. The third-order valence-electron chi connectivity index (χ3n) is 8.07. The first kappa shape index (κ1) is 22.2. The van der Waals surface area contributed by atoms with Crippen LogP contribution in [0.2, 0.25) is 0 Å². The van der Waals surface area contributed by atoms with Crippen molar-refractivity contribution in [2.24, 2.45) is 0 Å². The van der Waals surface area contributed by atoms with Crippen LogP contribution in [-0.4, -0.2) is 19.1 Å². The second-order valence-electron chi connectivity index (χ2n) is 10.3. The summed E-state index contributed by atoms with van der Waals surface area (Å²) in [7, 11) is 0. The van der Waals surface area contributed by atoms with Gasteiger partial charge in [-0.3, -0.25) is 4.57 Å². The normalized spacial score (nSPS) is 11.9. The van der Waals surface area contributed by atoms with Crippen molar-refractivity contribution in [2.75, 3.05) is 0 Å². The van der Waals surface area contributed by atoms with Gasteiger partial charge in [0, 0.05) is 39.0 Å². The highest BCUT2D eigenvalue weighted by molar-refractivity contribution is 6.11. The maximum Gasteiger partial charge on any atom is 0.166 e. The average Bonchev–Trinajstić information content (AvgIpc) is 3.71. The number of rotatable bonds is 3. The van der Waals surface area contributed by atoms with E-state index in [4.69, 9.17) is 14.4 Å². The molecule has 0 atom stereocenters. The molecule has 5 heteroatoms. The smallest absolute Gasteiger partial charge is 0.166 e. The topological polar surface area (TPSA) is 48.8 Å². The molecule has 5 nitrogen and oxygen atoms in total. The molecule has 0 bridgehead atoms. The third kappa shape index (κ3) is 3.17. The van der Waals surface area contributed by atoms with Crippen LogP contribution in [0.5, 0.6) is 0 Å². The molecule has 5 aromatic carbocycles. The molecule has 41 heavy (non-hydrogen) atoms. The lowest BCUT2D eigenvalue weighted by atomic mass is 10.1. The zero-order valence-electron chi connectivity index (χ0n) is 21.9. The zero-order chi connectivity index (χ0) is 26.9. The Balaban J connectivity index is 1.38. The quantitative estimate of drug-likeness (QED) is 0.231. The molecule has 0 N–H and O–H groups in total. The van der Waals surface area contributed by atoms with Crippen molar-refractivity contribution in [2.45, 2.75) is 0 Å². The van der Waals surface area contributed by atoms with Crippen LogP contribution in [-0.2, 0) is 0 Å². The zero-order valence-corrected chi connectivity index (χ0v) is 21.9. The summed E-state index contributed by atoms with van der Waals surface area (Å²) in [5.74, 6) is 0.840. The molecular formula is C36H22N4O. The van der Waals surface area contributed by atoms with E-state index in [0.29, 0.717) is 0 Å². The molecule has 0 fully saturated rings. The van der Waals surface area contributed by atoms with Crippen molar-refractivity contribution in [1.82, 2.24) is 19.1 Å². The fourth-order valence-corrected chi connectivity index (χ4v) is 6.25. The highest BCUT2D eigenvalue weighted by Crippen LogP contribution is 2.39. The highest BCUT2D eigenvalue weighted by Gasteiger charge is 2.22. The number of fused-ring (bicyclic) bond motifs is 7. The molecule has 0 amide bonds. The van der Waals surface area contributed by atoms with Crippen LogP contribution in [0.1, 0.15) is 0 Å². The fourth-order valence-electron chi connectivity index (χ4n) is 6.25. The average molecular weight is 527 g/mol. The van der Waals surface area contributed by atoms with E-state index in [-0.39, 0.29) is 0 Å². The van der Waals surface area contributed by atoms with Crippen LogP contribution in [0, 0.1) is 0 Å². The van der Waals surface area contributed by atoms with Gasteiger partial charge in [-0.2, -0.15) is 0 Å². The van der Waals surface area contributed by atoms with Crippen molar-refractivity contribution in [3.8, 4) is 22.6 Å². The number of hydrogen-bond acceptors (Lipinski definition) is 3. The second-order valence-corrected chi connectivity index (χ2v) is 10.3. The first-order valence-corrected chi connectivity index (χ1v) is 13.7. The van der Waals surface area contributed by atoms with Gasteiger partial charge in [0.05, 0.1) is 11.0 Å². The molecule has 0 aliphatic carbocycles. The predicted molar refractivity (Wildman–Crippen MR) is 166 cm³/mol. The number of furan rings is 1. The summed E-state index contributed by atoms with van der Waals surface area (Å²) in [6.07, 6.45) is 3.86. The van der Waals surface area contributed by atoms with Gasteiger partial charge in [0.2, 0.25) is 0 Å². The minimum atomic E-state index is 0.840. The van der Waals surface area contributed by atoms with Gasteiger partial charge in [-0.25, -0.2) is 9.97 Å². The van der Waals surface area contributed by atoms with E-state index < -0.39 is 0 Å². The largest absolute Gasteiger partial charge is 0.456 e. The molecule has 0 radical (unpaired) electrons. The first-order valence-electron chi connectivity index (χ1n) is 13.7. The molecule has 0 aliphatic rings. The van der Waals surface area contributed by atoms with E-state index >= 15 is 0 Å². The maximum absolute atomic E-state index is 6.25. The van der Waals surface area contributed by atoms with Crippen LogP contribution >= 0.6 is 0 Å². The summed E-state index contributed by atoms with van der Waals surface area (Å²) in [6.45, 7) is 0. The van der Waals surface area contributed by atoms with Gasteiger partial charge in [-0.1, -0.05) is 78.9 Å². The van der Waals surface area contributed by atoms with Crippen LogP contribution in [0.3, 0.4) is 0 Å². The Kier molecular flexibility index (Phi) is 4.55. The first-order chi connectivity index (χ1) is 20.3. The molecule has 0 saturated heterocycles. The minimum Gasteiger partial charge on any atom is -0.456 e. The molecule has 0 saturated carbocycles. The van der Waals surface area contributed by atoms with Crippen LogP contribution in [0.15, 0.2) is 138 Å². The van der Waals surface area contributed by atoms with E-state index in [9.17, 15) is 0 Å². The molecule has 9 rings (SSSR count). The van der Waals surface area contributed by atoms with Crippen molar-refractivity contribution in [1.29, 1.82) is 0 Å². The van der Waals surface area contributed by atoms with E-state index in [0.717, 1.165) is 66.6 Å². The summed E-state index contributed by atoms with van der Waals surface area (Å²) in [5, 5.41) is 4.62. The Morgan fingerprint density at radius 1 is 0.561 bits per heavy atom. The Morgan fingerprint density at radius 3 is 2.00 bits per heavy atom. The van der Waals surface area contributed by atoms with Crippen molar-refractivity contribution < 1.29 is 4.42 Å². The number of aromatic nitrogens is 4. The van der Waals surface area contributed by atoms with Gasteiger partial charge in [0.15, 0.2) is 5.82 Å². The lowest BCUT2D eigenvalue weighted by molar-refractivity contribution is 0.669. The van der Waals surface area contributed by atoms with E-state index in [1.165, 1.54) is 10.8 Å².